The third-order valence-electron chi connectivity index (χ3n) is 4.95. The SMILES string of the molecule is O=C(OC(C(F)(F)F)C(F)(F)F)N1CCC(CNS(=O)(=O)c2ccc3ccccc3c2)C1. The van der Waals surface area contributed by atoms with Crippen molar-refractivity contribution in [1.82, 2.24) is 9.62 Å². The first-order valence-electron chi connectivity index (χ1n) is 9.35. The Morgan fingerprint density at radius 3 is 2.31 bits per heavy atom. The van der Waals surface area contributed by atoms with Crippen LogP contribution in [0.3, 0.4) is 0 Å². The fourth-order valence-corrected chi connectivity index (χ4v) is 4.46. The molecule has 0 saturated carbocycles. The Kier molecular flexibility index (Phi) is 6.61. The maximum Gasteiger partial charge on any atom is 0.434 e. The number of alkyl halides is 6. The summed E-state index contributed by atoms with van der Waals surface area (Å²) in [6.07, 6.45) is -17.4. The van der Waals surface area contributed by atoms with Gasteiger partial charge in [0, 0.05) is 19.6 Å². The molecule has 0 radical (unpaired) electrons. The zero-order chi connectivity index (χ0) is 23.7. The number of nitrogens with zero attached hydrogens (tertiary/aromatic N) is 1. The molecule has 176 valence electrons. The molecule has 2 aromatic rings. The molecule has 32 heavy (non-hydrogen) atoms. The summed E-state index contributed by atoms with van der Waals surface area (Å²) in [6.45, 7) is -0.563. The van der Waals surface area contributed by atoms with Crippen molar-refractivity contribution in [1.29, 1.82) is 0 Å². The predicted molar refractivity (Wildman–Crippen MR) is 101 cm³/mol. The van der Waals surface area contributed by atoms with Crippen molar-refractivity contribution in [3.8, 4) is 0 Å². The van der Waals surface area contributed by atoms with Gasteiger partial charge >= 0.3 is 18.4 Å². The van der Waals surface area contributed by atoms with E-state index in [0.29, 0.717) is 10.3 Å². The Bertz CT molecular complexity index is 1070. The monoisotopic (exact) mass is 484 g/mol. The number of carbonyl (C=O) groups is 1. The number of fused-ring (bicyclic) bond motifs is 1. The topological polar surface area (TPSA) is 75.7 Å². The van der Waals surface area contributed by atoms with Gasteiger partial charge in [0.1, 0.15) is 0 Å². The molecule has 1 heterocycles. The lowest BCUT2D eigenvalue weighted by Crippen LogP contribution is -2.48. The van der Waals surface area contributed by atoms with Crippen LogP contribution in [-0.2, 0) is 14.8 Å². The van der Waals surface area contributed by atoms with Crippen molar-refractivity contribution >= 4 is 26.9 Å². The van der Waals surface area contributed by atoms with E-state index in [1.165, 1.54) is 12.1 Å². The van der Waals surface area contributed by atoms with Gasteiger partial charge in [-0.25, -0.2) is 17.9 Å². The average molecular weight is 484 g/mol. The molecule has 0 spiro atoms. The van der Waals surface area contributed by atoms with E-state index in [2.05, 4.69) is 9.46 Å². The number of nitrogens with one attached hydrogen (secondary N) is 1. The van der Waals surface area contributed by atoms with E-state index < -0.39 is 40.5 Å². The molecule has 2 aromatic carbocycles. The fraction of sp³-hybridized carbons (Fsp3) is 0.421. The maximum absolute atomic E-state index is 12.6. The Morgan fingerprint density at radius 1 is 1.06 bits per heavy atom. The Morgan fingerprint density at radius 2 is 1.69 bits per heavy atom. The number of sulfonamides is 1. The second-order valence-corrected chi connectivity index (χ2v) is 9.08. The van der Waals surface area contributed by atoms with Gasteiger partial charge in [-0.3, -0.25) is 0 Å². The Labute approximate surface area is 179 Å². The molecule has 1 unspecified atom stereocenters. The highest BCUT2D eigenvalue weighted by Crippen LogP contribution is 2.36. The van der Waals surface area contributed by atoms with Crippen LogP contribution in [0.5, 0.6) is 0 Å². The molecule has 3 rings (SSSR count). The van der Waals surface area contributed by atoms with Gasteiger partial charge < -0.3 is 9.64 Å². The van der Waals surface area contributed by atoms with Crippen molar-refractivity contribution < 1.29 is 44.3 Å². The van der Waals surface area contributed by atoms with Crippen LogP contribution in [-0.4, -0.2) is 57.5 Å². The van der Waals surface area contributed by atoms with Gasteiger partial charge in [0.15, 0.2) is 0 Å². The number of hydrogen-bond acceptors (Lipinski definition) is 4. The van der Waals surface area contributed by atoms with Gasteiger partial charge in [-0.15, -0.1) is 0 Å². The quantitative estimate of drug-likeness (QED) is 0.650. The van der Waals surface area contributed by atoms with Gasteiger partial charge in [-0.05, 0) is 35.2 Å². The first-order chi connectivity index (χ1) is 14.8. The lowest BCUT2D eigenvalue weighted by Gasteiger charge is -2.25. The van der Waals surface area contributed by atoms with E-state index in [-0.39, 0.29) is 31.0 Å². The van der Waals surface area contributed by atoms with Crippen molar-refractivity contribution in [2.45, 2.75) is 29.8 Å². The summed E-state index contributed by atoms with van der Waals surface area (Å²) < 4.78 is 106. The van der Waals surface area contributed by atoms with Gasteiger partial charge in [0.25, 0.3) is 6.10 Å². The molecule has 1 amide bonds. The second kappa shape index (κ2) is 8.77. The van der Waals surface area contributed by atoms with Gasteiger partial charge in [-0.1, -0.05) is 30.3 Å². The van der Waals surface area contributed by atoms with Crippen LogP contribution in [0.25, 0.3) is 10.8 Å². The van der Waals surface area contributed by atoms with E-state index in [9.17, 15) is 39.6 Å². The van der Waals surface area contributed by atoms with E-state index in [1.807, 2.05) is 6.07 Å². The minimum atomic E-state index is -5.80. The Hall–Kier alpha value is -2.54. The summed E-state index contributed by atoms with van der Waals surface area (Å²) in [5.41, 5.74) is 0. The van der Waals surface area contributed by atoms with Crippen molar-refractivity contribution in [3.05, 3.63) is 42.5 Å². The smallest absolute Gasteiger partial charge is 0.426 e. The molecule has 0 aromatic heterocycles. The molecule has 13 heteroatoms. The summed E-state index contributed by atoms with van der Waals surface area (Å²) in [6, 6.07) is 11.6. The highest BCUT2D eigenvalue weighted by molar-refractivity contribution is 7.89. The third-order valence-corrected chi connectivity index (χ3v) is 6.37. The highest BCUT2D eigenvalue weighted by Gasteiger charge is 2.60. The lowest BCUT2D eigenvalue weighted by molar-refractivity contribution is -0.308. The van der Waals surface area contributed by atoms with E-state index in [1.54, 1.807) is 24.3 Å². The molecule has 6 nitrogen and oxygen atoms in total. The zero-order valence-corrected chi connectivity index (χ0v) is 17.1. The largest absolute Gasteiger partial charge is 0.434 e. The molecule has 0 bridgehead atoms. The molecule has 1 fully saturated rings. The number of carbonyl (C=O) groups excluding carboxylic acids is 1. The number of likely N-dealkylation sites (tertiary alicyclic amines) is 1. The molecule has 1 aliphatic heterocycles. The molecule has 0 aliphatic carbocycles. The van der Waals surface area contributed by atoms with Crippen LogP contribution >= 0.6 is 0 Å². The molecule has 1 aliphatic rings. The second-order valence-electron chi connectivity index (χ2n) is 7.31. The van der Waals surface area contributed by atoms with Crippen molar-refractivity contribution in [2.24, 2.45) is 5.92 Å². The van der Waals surface area contributed by atoms with Crippen LogP contribution in [0.15, 0.2) is 47.4 Å². The number of halogens is 6. The van der Waals surface area contributed by atoms with Crippen LogP contribution in [0.4, 0.5) is 31.1 Å². The number of rotatable bonds is 5. The van der Waals surface area contributed by atoms with Crippen LogP contribution < -0.4 is 4.72 Å². The van der Waals surface area contributed by atoms with E-state index in [0.717, 1.165) is 5.39 Å². The summed E-state index contributed by atoms with van der Waals surface area (Å²) in [5.74, 6) is -0.506. The summed E-state index contributed by atoms with van der Waals surface area (Å²) in [7, 11) is -3.92. The van der Waals surface area contributed by atoms with E-state index in [4.69, 9.17) is 0 Å². The normalized spacial score (nSPS) is 17.8. The minimum absolute atomic E-state index is 0.00339. The number of hydrogen-bond donors (Lipinski definition) is 1. The number of amides is 1. The molecule has 1 atom stereocenters. The minimum Gasteiger partial charge on any atom is -0.426 e. The lowest BCUT2D eigenvalue weighted by atomic mass is 10.1. The first kappa shape index (κ1) is 24.1. The highest BCUT2D eigenvalue weighted by atomic mass is 32.2. The molecule has 1 N–H and O–H groups in total. The predicted octanol–water partition coefficient (Wildman–Crippen LogP) is 4.07. The first-order valence-corrected chi connectivity index (χ1v) is 10.8. The van der Waals surface area contributed by atoms with Gasteiger partial charge in [0.05, 0.1) is 4.90 Å². The summed E-state index contributed by atoms with van der Waals surface area (Å²) in [4.78, 5) is 12.5. The fourth-order valence-electron chi connectivity index (χ4n) is 3.31. The summed E-state index contributed by atoms with van der Waals surface area (Å²) in [5, 5.41) is 1.54. The molecule has 1 saturated heterocycles. The molecular formula is C19H18F6N2O4S. The average Bonchev–Trinajstić information content (AvgIpc) is 3.17. The van der Waals surface area contributed by atoms with E-state index >= 15 is 0 Å². The molecular weight excluding hydrogens is 466 g/mol. The number of ether oxygens (including phenoxy) is 1. The van der Waals surface area contributed by atoms with Crippen molar-refractivity contribution in [3.63, 3.8) is 0 Å². The van der Waals surface area contributed by atoms with Gasteiger partial charge in [-0.2, -0.15) is 26.3 Å². The van der Waals surface area contributed by atoms with Crippen LogP contribution in [0.2, 0.25) is 0 Å². The Balaban J connectivity index is 1.59. The van der Waals surface area contributed by atoms with Crippen LogP contribution in [0.1, 0.15) is 6.42 Å². The zero-order valence-electron chi connectivity index (χ0n) is 16.3. The number of benzene rings is 2. The van der Waals surface area contributed by atoms with Crippen molar-refractivity contribution in [2.75, 3.05) is 19.6 Å². The van der Waals surface area contributed by atoms with Crippen LogP contribution in [0, 0.1) is 5.92 Å². The maximum atomic E-state index is 12.6. The third kappa shape index (κ3) is 5.63. The standard InChI is InChI=1S/C19H18F6N2O4S/c20-18(21,22)16(19(23,24)25)31-17(28)27-8-7-12(11-27)10-26-32(29,30)15-6-5-13-3-1-2-4-14(13)9-15/h1-6,9,12,16,26H,7-8,10-11H2. The summed E-state index contributed by atoms with van der Waals surface area (Å²) >= 11 is 0. The van der Waals surface area contributed by atoms with Gasteiger partial charge in [0.2, 0.25) is 10.0 Å².